The molecular weight excluding hydrogens is 336 g/mol. The van der Waals surface area contributed by atoms with Gasteiger partial charge < -0.3 is 4.90 Å². The third-order valence-corrected chi connectivity index (χ3v) is 5.19. The zero-order chi connectivity index (χ0) is 18.5. The fourth-order valence-corrected chi connectivity index (χ4v) is 4.03. The van der Waals surface area contributed by atoms with Crippen LogP contribution in [0, 0.1) is 0 Å². The second-order valence-electron chi connectivity index (χ2n) is 6.44. The third kappa shape index (κ3) is 4.89. The summed E-state index contributed by atoms with van der Waals surface area (Å²) in [6.45, 7) is 2.07. The van der Waals surface area contributed by atoms with Crippen molar-refractivity contribution in [1.29, 1.82) is 0 Å². The zero-order valence-corrected chi connectivity index (χ0v) is 15.7. The van der Waals surface area contributed by atoms with Crippen molar-refractivity contribution in [2.24, 2.45) is 0 Å². The molecule has 0 bridgehead atoms. The summed E-state index contributed by atoms with van der Waals surface area (Å²) in [5.41, 5.74) is 0.527. The van der Waals surface area contributed by atoms with Crippen LogP contribution in [0.5, 0.6) is 0 Å². The van der Waals surface area contributed by atoms with Gasteiger partial charge in [-0.15, -0.1) is 0 Å². The van der Waals surface area contributed by atoms with Crippen LogP contribution in [0.3, 0.4) is 0 Å². The van der Waals surface area contributed by atoms with Gasteiger partial charge in [-0.05, 0) is 38.1 Å². The molecule has 0 aliphatic carbocycles. The summed E-state index contributed by atoms with van der Waals surface area (Å²) in [4.78, 5) is 2.08. The molecule has 0 aromatic heterocycles. The van der Waals surface area contributed by atoms with E-state index in [1.165, 1.54) is 0 Å². The zero-order valence-electron chi connectivity index (χ0n) is 14.9. The summed E-state index contributed by atoms with van der Waals surface area (Å²) < 4.78 is 35.9. The molecule has 25 heavy (non-hydrogen) atoms. The topological polar surface area (TPSA) is 69.6 Å². The Hall–Kier alpha value is -1.73. The average Bonchev–Trinajstić information content (AvgIpc) is 2.59. The highest BCUT2D eigenvalue weighted by Gasteiger charge is 2.40. The lowest BCUT2D eigenvalue weighted by Gasteiger charge is -2.39. The predicted octanol–water partition coefficient (Wildman–Crippen LogP) is 3.05. The fraction of sp³-hybridized carbons (Fsp3) is 0.368. The molecule has 2 N–H and O–H groups in total. The van der Waals surface area contributed by atoms with Crippen LogP contribution in [0.4, 0.5) is 0 Å². The second kappa shape index (κ2) is 8.10. The largest absolute Gasteiger partial charge is 0.334 e. The monoisotopic (exact) mass is 362 g/mol. The first-order valence-electron chi connectivity index (χ1n) is 8.32. The molecule has 1 atom stereocenters. The van der Waals surface area contributed by atoms with Crippen LogP contribution in [0.2, 0.25) is 0 Å². The molecule has 2 aromatic rings. The lowest BCUT2D eigenvalue weighted by molar-refractivity contribution is 0.224. The molecule has 0 spiro atoms. The molecule has 6 heteroatoms. The van der Waals surface area contributed by atoms with E-state index in [2.05, 4.69) is 16.5 Å². The molecule has 0 heterocycles. The smallest absolute Gasteiger partial charge is 0.306 e. The maximum absolute atomic E-state index is 11.9. The van der Waals surface area contributed by atoms with Crippen molar-refractivity contribution < 1.29 is 13.0 Å². The SMILES string of the molecule is CCC(CC(NS(=O)(=O)O)(c1ccccc1)c1ccccc1)N(C)C. The molecule has 1 unspecified atom stereocenters. The van der Waals surface area contributed by atoms with Gasteiger partial charge in [0.25, 0.3) is 0 Å². The Morgan fingerprint density at radius 2 is 1.44 bits per heavy atom. The Kier molecular flexibility index (Phi) is 6.35. The van der Waals surface area contributed by atoms with Gasteiger partial charge in [0.15, 0.2) is 0 Å². The minimum absolute atomic E-state index is 0.120. The standard InChI is InChI=1S/C19H26N2O3S/c1-4-18(21(2)3)15-19(20-25(22,23)24,16-11-7-5-8-12-16)17-13-9-6-10-14-17/h5-14,18,20H,4,15H2,1-3H3,(H,22,23,24). The van der Waals surface area contributed by atoms with E-state index in [1.54, 1.807) is 0 Å². The van der Waals surface area contributed by atoms with Gasteiger partial charge in [0, 0.05) is 6.04 Å². The molecule has 0 radical (unpaired) electrons. The van der Waals surface area contributed by atoms with Gasteiger partial charge >= 0.3 is 10.3 Å². The lowest BCUT2D eigenvalue weighted by Crippen LogP contribution is -2.50. The maximum atomic E-state index is 11.9. The Balaban J connectivity index is 2.69. The van der Waals surface area contributed by atoms with E-state index < -0.39 is 15.8 Å². The van der Waals surface area contributed by atoms with Gasteiger partial charge in [-0.2, -0.15) is 13.1 Å². The molecule has 2 rings (SSSR count). The number of nitrogens with one attached hydrogen (secondary N) is 1. The molecule has 0 amide bonds. The van der Waals surface area contributed by atoms with Crippen molar-refractivity contribution in [2.75, 3.05) is 14.1 Å². The summed E-state index contributed by atoms with van der Waals surface area (Å²) in [7, 11) is -0.477. The Morgan fingerprint density at radius 1 is 1.00 bits per heavy atom. The van der Waals surface area contributed by atoms with E-state index in [1.807, 2.05) is 74.8 Å². The molecule has 0 saturated heterocycles. The van der Waals surface area contributed by atoms with Gasteiger partial charge in [-0.3, -0.25) is 4.55 Å². The van der Waals surface area contributed by atoms with Gasteiger partial charge in [-0.25, -0.2) is 0 Å². The van der Waals surface area contributed by atoms with Gasteiger partial charge in [0.05, 0.1) is 5.54 Å². The quantitative estimate of drug-likeness (QED) is 0.708. The molecule has 0 saturated carbocycles. The summed E-state index contributed by atoms with van der Waals surface area (Å²) in [6, 6.07) is 18.9. The van der Waals surface area contributed by atoms with E-state index in [9.17, 15) is 13.0 Å². The first-order valence-corrected chi connectivity index (χ1v) is 9.76. The first kappa shape index (κ1) is 19.6. The Morgan fingerprint density at radius 3 is 1.76 bits per heavy atom. The lowest BCUT2D eigenvalue weighted by atomic mass is 9.78. The minimum atomic E-state index is -4.43. The van der Waals surface area contributed by atoms with Crippen molar-refractivity contribution in [2.45, 2.75) is 31.3 Å². The summed E-state index contributed by atoms with van der Waals surface area (Å²) in [5.74, 6) is 0. The molecule has 5 nitrogen and oxygen atoms in total. The highest BCUT2D eigenvalue weighted by molar-refractivity contribution is 7.83. The minimum Gasteiger partial charge on any atom is -0.306 e. The predicted molar refractivity (Wildman–Crippen MR) is 101 cm³/mol. The van der Waals surface area contributed by atoms with Crippen LogP contribution < -0.4 is 4.72 Å². The van der Waals surface area contributed by atoms with Crippen molar-refractivity contribution in [3.63, 3.8) is 0 Å². The number of rotatable bonds is 8. The van der Waals surface area contributed by atoms with Crippen molar-refractivity contribution >= 4 is 10.3 Å². The maximum Gasteiger partial charge on any atom is 0.334 e. The van der Waals surface area contributed by atoms with E-state index in [0.29, 0.717) is 6.42 Å². The highest BCUT2D eigenvalue weighted by Crippen LogP contribution is 2.36. The fourth-order valence-electron chi connectivity index (χ4n) is 3.27. The molecular formula is C19H26N2O3S. The number of benzene rings is 2. The summed E-state index contributed by atoms with van der Waals surface area (Å²) in [6.07, 6.45) is 1.34. The van der Waals surface area contributed by atoms with Crippen molar-refractivity contribution in [1.82, 2.24) is 9.62 Å². The number of hydrogen-bond acceptors (Lipinski definition) is 3. The summed E-state index contributed by atoms with van der Waals surface area (Å²) in [5, 5.41) is 0. The molecule has 136 valence electrons. The third-order valence-electron chi connectivity index (χ3n) is 4.58. The van der Waals surface area contributed by atoms with E-state index in [0.717, 1.165) is 17.5 Å². The van der Waals surface area contributed by atoms with Crippen LogP contribution in [0.1, 0.15) is 30.9 Å². The second-order valence-corrected chi connectivity index (χ2v) is 7.60. The van der Waals surface area contributed by atoms with Crippen LogP contribution in [-0.2, 0) is 15.8 Å². The molecule has 0 aliphatic rings. The average molecular weight is 362 g/mol. The Bertz CT molecular complexity index is 722. The highest BCUT2D eigenvalue weighted by atomic mass is 32.2. The molecule has 0 aliphatic heterocycles. The number of nitrogens with zero attached hydrogens (tertiary/aromatic N) is 1. The van der Waals surface area contributed by atoms with Crippen LogP contribution in [-0.4, -0.2) is 38.0 Å². The van der Waals surface area contributed by atoms with Crippen molar-refractivity contribution in [3.8, 4) is 0 Å². The van der Waals surface area contributed by atoms with Crippen LogP contribution in [0.15, 0.2) is 60.7 Å². The summed E-state index contributed by atoms with van der Waals surface area (Å²) >= 11 is 0. The van der Waals surface area contributed by atoms with Gasteiger partial charge in [0.2, 0.25) is 0 Å². The van der Waals surface area contributed by atoms with Crippen molar-refractivity contribution in [3.05, 3.63) is 71.8 Å². The normalized spacial score (nSPS) is 13.8. The van der Waals surface area contributed by atoms with Gasteiger partial charge in [0.1, 0.15) is 0 Å². The molecule has 0 fully saturated rings. The van der Waals surface area contributed by atoms with E-state index in [4.69, 9.17) is 0 Å². The first-order chi connectivity index (χ1) is 11.8. The Labute approximate surface area is 150 Å². The molecule has 2 aromatic carbocycles. The van der Waals surface area contributed by atoms with E-state index in [-0.39, 0.29) is 6.04 Å². The number of hydrogen-bond donors (Lipinski definition) is 2. The van der Waals surface area contributed by atoms with Crippen LogP contribution >= 0.6 is 0 Å². The van der Waals surface area contributed by atoms with Gasteiger partial charge in [-0.1, -0.05) is 67.6 Å². The van der Waals surface area contributed by atoms with E-state index >= 15 is 0 Å². The van der Waals surface area contributed by atoms with Crippen LogP contribution in [0.25, 0.3) is 0 Å².